The molecule has 0 spiro atoms. The minimum Gasteiger partial charge on any atom is -0.320 e. The van der Waals surface area contributed by atoms with E-state index in [4.69, 9.17) is 23.2 Å². The first kappa shape index (κ1) is 19.3. The predicted molar refractivity (Wildman–Crippen MR) is 99.1 cm³/mol. The molecule has 1 heterocycles. The molecule has 1 amide bonds. The number of hydrogen-bond donors (Lipinski definition) is 3. The van der Waals surface area contributed by atoms with Crippen LogP contribution in [-0.4, -0.2) is 29.7 Å². The molecule has 0 fully saturated rings. The SMILES string of the molecule is CNCCCc1[nH]nc(NC(=O)[C@@H](C)c2ccc(Cl)c(Cl)c2)c1C#N. The number of nitriles is 1. The molecule has 1 aromatic heterocycles. The fraction of sp³-hybridized carbons (Fsp3) is 0.353. The standard InChI is InChI=1S/C17H19Cl2N5O/c1-10(11-5-6-13(18)14(19)8-11)17(25)22-16-12(9-20)15(23-24-16)4-3-7-21-2/h5-6,8,10,21H,3-4,7H2,1-2H3,(H2,22,23,24,25)/t10-/m0/s1. The number of anilines is 1. The maximum atomic E-state index is 12.5. The average Bonchev–Trinajstić information content (AvgIpc) is 2.98. The van der Waals surface area contributed by atoms with Gasteiger partial charge in [0, 0.05) is 0 Å². The number of carbonyl (C=O) groups excluding carboxylic acids is 1. The Labute approximate surface area is 156 Å². The first-order valence-corrected chi connectivity index (χ1v) is 8.61. The number of halogens is 2. The summed E-state index contributed by atoms with van der Waals surface area (Å²) in [5.41, 5.74) is 1.82. The largest absolute Gasteiger partial charge is 0.320 e. The smallest absolute Gasteiger partial charge is 0.232 e. The van der Waals surface area contributed by atoms with Crippen molar-refractivity contribution in [1.82, 2.24) is 15.5 Å². The lowest BCUT2D eigenvalue weighted by Gasteiger charge is -2.12. The maximum Gasteiger partial charge on any atom is 0.232 e. The summed E-state index contributed by atoms with van der Waals surface area (Å²) < 4.78 is 0. The van der Waals surface area contributed by atoms with Crippen LogP contribution in [-0.2, 0) is 11.2 Å². The molecule has 0 radical (unpaired) electrons. The van der Waals surface area contributed by atoms with Crippen molar-refractivity contribution in [3.05, 3.63) is 45.1 Å². The maximum absolute atomic E-state index is 12.5. The third-order valence-electron chi connectivity index (χ3n) is 3.89. The minimum atomic E-state index is -0.467. The highest BCUT2D eigenvalue weighted by atomic mass is 35.5. The number of amides is 1. The van der Waals surface area contributed by atoms with Crippen molar-refractivity contribution in [3.8, 4) is 6.07 Å². The van der Waals surface area contributed by atoms with Crippen molar-refractivity contribution in [2.45, 2.75) is 25.7 Å². The van der Waals surface area contributed by atoms with Gasteiger partial charge in [-0.25, -0.2) is 0 Å². The van der Waals surface area contributed by atoms with E-state index in [2.05, 4.69) is 26.9 Å². The van der Waals surface area contributed by atoms with Gasteiger partial charge in [-0.3, -0.25) is 9.89 Å². The Kier molecular flexibility index (Phi) is 6.82. The third kappa shape index (κ3) is 4.73. The van der Waals surface area contributed by atoms with E-state index < -0.39 is 5.92 Å². The topological polar surface area (TPSA) is 93.6 Å². The van der Waals surface area contributed by atoms with Crippen LogP contribution in [0, 0.1) is 11.3 Å². The number of carbonyl (C=O) groups is 1. The summed E-state index contributed by atoms with van der Waals surface area (Å²) >= 11 is 11.9. The lowest BCUT2D eigenvalue weighted by Crippen LogP contribution is -2.19. The zero-order valence-electron chi connectivity index (χ0n) is 14.0. The molecule has 2 aromatic rings. The van der Waals surface area contributed by atoms with E-state index in [9.17, 15) is 10.1 Å². The molecule has 0 saturated heterocycles. The predicted octanol–water partition coefficient (Wildman–Crippen LogP) is 3.48. The number of rotatable bonds is 7. The molecular formula is C17H19Cl2N5O. The summed E-state index contributed by atoms with van der Waals surface area (Å²) in [7, 11) is 1.87. The van der Waals surface area contributed by atoms with Crippen LogP contribution in [0.25, 0.3) is 0 Å². The number of H-pyrrole nitrogens is 1. The monoisotopic (exact) mass is 379 g/mol. The Balaban J connectivity index is 2.11. The first-order valence-electron chi connectivity index (χ1n) is 7.85. The molecule has 0 aliphatic heterocycles. The van der Waals surface area contributed by atoms with Crippen LogP contribution in [0.4, 0.5) is 5.82 Å². The summed E-state index contributed by atoms with van der Waals surface area (Å²) in [6.45, 7) is 2.58. The molecule has 3 N–H and O–H groups in total. The number of nitrogens with one attached hydrogen (secondary N) is 3. The van der Waals surface area contributed by atoms with E-state index in [-0.39, 0.29) is 11.7 Å². The number of nitrogens with zero attached hydrogens (tertiary/aromatic N) is 2. The van der Waals surface area contributed by atoms with E-state index in [0.29, 0.717) is 22.0 Å². The normalized spacial score (nSPS) is 11.8. The van der Waals surface area contributed by atoms with Crippen LogP contribution in [0.5, 0.6) is 0 Å². The molecule has 0 bridgehead atoms. The fourth-order valence-electron chi connectivity index (χ4n) is 2.37. The summed E-state index contributed by atoms with van der Waals surface area (Å²) in [4.78, 5) is 12.5. The van der Waals surface area contributed by atoms with Crippen LogP contribution in [0.3, 0.4) is 0 Å². The lowest BCUT2D eigenvalue weighted by molar-refractivity contribution is -0.117. The van der Waals surface area contributed by atoms with Gasteiger partial charge in [0.05, 0.1) is 21.7 Å². The van der Waals surface area contributed by atoms with Crippen LogP contribution in [0.15, 0.2) is 18.2 Å². The number of hydrogen-bond acceptors (Lipinski definition) is 4. The molecule has 1 atom stereocenters. The van der Waals surface area contributed by atoms with Crippen LogP contribution in [0.1, 0.15) is 36.1 Å². The molecule has 8 heteroatoms. The Hall–Kier alpha value is -2.07. The number of aromatic nitrogens is 2. The highest BCUT2D eigenvalue weighted by molar-refractivity contribution is 6.42. The number of aromatic amines is 1. The molecule has 0 unspecified atom stereocenters. The van der Waals surface area contributed by atoms with Crippen molar-refractivity contribution in [2.24, 2.45) is 0 Å². The van der Waals surface area contributed by atoms with E-state index in [1.807, 2.05) is 7.05 Å². The number of aryl methyl sites for hydroxylation is 1. The molecule has 132 valence electrons. The van der Waals surface area contributed by atoms with E-state index in [0.717, 1.165) is 24.2 Å². The summed E-state index contributed by atoms with van der Waals surface area (Å²) in [5, 5.41) is 22.9. The van der Waals surface area contributed by atoms with Crippen molar-refractivity contribution < 1.29 is 4.79 Å². The number of benzene rings is 1. The Morgan fingerprint density at radius 2 is 2.16 bits per heavy atom. The van der Waals surface area contributed by atoms with Gasteiger partial charge in [-0.05, 0) is 51.1 Å². The Morgan fingerprint density at radius 1 is 1.40 bits per heavy atom. The van der Waals surface area contributed by atoms with Crippen LogP contribution in [0.2, 0.25) is 10.0 Å². The van der Waals surface area contributed by atoms with E-state index in [1.165, 1.54) is 0 Å². The highest BCUT2D eigenvalue weighted by Crippen LogP contribution is 2.27. The van der Waals surface area contributed by atoms with Crippen LogP contribution < -0.4 is 10.6 Å². The van der Waals surface area contributed by atoms with Gasteiger partial charge in [0.1, 0.15) is 11.6 Å². The zero-order valence-corrected chi connectivity index (χ0v) is 15.5. The van der Waals surface area contributed by atoms with Crippen molar-refractivity contribution in [3.63, 3.8) is 0 Å². The summed E-state index contributed by atoms with van der Waals surface area (Å²) in [5.74, 6) is -0.493. The van der Waals surface area contributed by atoms with Gasteiger partial charge < -0.3 is 10.6 Å². The highest BCUT2D eigenvalue weighted by Gasteiger charge is 2.20. The summed E-state index contributed by atoms with van der Waals surface area (Å²) in [6, 6.07) is 7.16. The second-order valence-corrected chi connectivity index (χ2v) is 6.44. The van der Waals surface area contributed by atoms with Crippen molar-refractivity contribution in [1.29, 1.82) is 5.26 Å². The fourth-order valence-corrected chi connectivity index (χ4v) is 2.68. The molecule has 2 rings (SSSR count). The van der Waals surface area contributed by atoms with Gasteiger partial charge in [-0.2, -0.15) is 10.4 Å². The van der Waals surface area contributed by atoms with Gasteiger partial charge in [0.25, 0.3) is 0 Å². The zero-order chi connectivity index (χ0) is 18.4. The van der Waals surface area contributed by atoms with Crippen molar-refractivity contribution >= 4 is 34.9 Å². The second kappa shape index (κ2) is 8.86. The van der Waals surface area contributed by atoms with Gasteiger partial charge >= 0.3 is 0 Å². The molecule has 0 aliphatic rings. The van der Waals surface area contributed by atoms with Crippen LogP contribution >= 0.6 is 23.2 Å². The van der Waals surface area contributed by atoms with Gasteiger partial charge in [0.15, 0.2) is 5.82 Å². The average molecular weight is 380 g/mol. The molecule has 1 aromatic carbocycles. The minimum absolute atomic E-state index is 0.249. The molecule has 0 aliphatic carbocycles. The van der Waals surface area contributed by atoms with Gasteiger partial charge in [-0.1, -0.05) is 29.3 Å². The Bertz CT molecular complexity index is 797. The van der Waals surface area contributed by atoms with Gasteiger partial charge in [0.2, 0.25) is 5.91 Å². The lowest BCUT2D eigenvalue weighted by atomic mass is 10.0. The van der Waals surface area contributed by atoms with Crippen molar-refractivity contribution in [2.75, 3.05) is 18.9 Å². The molecule has 0 saturated carbocycles. The quantitative estimate of drug-likeness (QED) is 0.641. The molecule has 6 nitrogen and oxygen atoms in total. The molecule has 25 heavy (non-hydrogen) atoms. The summed E-state index contributed by atoms with van der Waals surface area (Å²) in [6.07, 6.45) is 1.54. The first-order chi connectivity index (χ1) is 12.0. The van der Waals surface area contributed by atoms with E-state index >= 15 is 0 Å². The van der Waals surface area contributed by atoms with Gasteiger partial charge in [-0.15, -0.1) is 0 Å². The third-order valence-corrected chi connectivity index (χ3v) is 4.62. The molecular weight excluding hydrogens is 361 g/mol. The Morgan fingerprint density at radius 3 is 2.80 bits per heavy atom. The van der Waals surface area contributed by atoms with E-state index in [1.54, 1.807) is 25.1 Å². The second-order valence-electron chi connectivity index (χ2n) is 5.63.